The van der Waals surface area contributed by atoms with Crippen molar-refractivity contribution >= 4 is 29.3 Å². The Morgan fingerprint density at radius 3 is 2.24 bits per heavy atom. The Labute approximate surface area is 157 Å². The lowest BCUT2D eigenvalue weighted by Crippen LogP contribution is -2.37. The first kappa shape index (κ1) is 19.6. The lowest BCUT2D eigenvalue weighted by molar-refractivity contribution is 0.0419. The molecule has 0 aliphatic carbocycles. The molecule has 2 atom stereocenters. The highest BCUT2D eigenvalue weighted by Gasteiger charge is 2.27. The number of amides is 1. The Hall–Kier alpha value is -1.75. The van der Waals surface area contributed by atoms with Crippen molar-refractivity contribution in [2.75, 3.05) is 0 Å². The lowest BCUT2D eigenvalue weighted by Gasteiger charge is -2.27. The summed E-state index contributed by atoms with van der Waals surface area (Å²) < 4.78 is 5.31. The molecule has 0 aliphatic heterocycles. The number of nitrogens with one attached hydrogen (secondary N) is 1. The third kappa shape index (κ3) is 5.92. The summed E-state index contributed by atoms with van der Waals surface area (Å²) in [5.74, 6) is 0. The van der Waals surface area contributed by atoms with Crippen LogP contribution in [0, 0.1) is 0 Å². The number of carbonyl (C=O) groups excluding carboxylic acids is 1. The fourth-order valence-corrected chi connectivity index (χ4v) is 2.66. The number of hydrogen-bond acceptors (Lipinski definition) is 3. The molecular weight excluding hydrogens is 361 g/mol. The Balaban J connectivity index is 2.31. The number of rotatable bonds is 4. The monoisotopic (exact) mass is 381 g/mol. The molecule has 2 N–H and O–H groups in total. The highest BCUT2D eigenvalue weighted by Crippen LogP contribution is 2.31. The van der Waals surface area contributed by atoms with E-state index in [-0.39, 0.29) is 0 Å². The van der Waals surface area contributed by atoms with Crippen LogP contribution in [0.15, 0.2) is 48.5 Å². The SMILES string of the molecule is CC(C)(C)OC(=O)N[C@H](c1ccc(Cl)cc1)[C@@H](O)c1cccc(Cl)c1. The molecule has 0 radical (unpaired) electrons. The Morgan fingerprint density at radius 2 is 1.68 bits per heavy atom. The van der Waals surface area contributed by atoms with Gasteiger partial charge in [-0.2, -0.15) is 0 Å². The molecule has 25 heavy (non-hydrogen) atoms. The van der Waals surface area contributed by atoms with Gasteiger partial charge in [0.15, 0.2) is 0 Å². The highest BCUT2D eigenvalue weighted by atomic mass is 35.5. The number of benzene rings is 2. The van der Waals surface area contributed by atoms with Crippen molar-refractivity contribution in [3.63, 3.8) is 0 Å². The van der Waals surface area contributed by atoms with Crippen LogP contribution in [-0.4, -0.2) is 16.8 Å². The van der Waals surface area contributed by atoms with Crippen molar-refractivity contribution in [1.82, 2.24) is 5.32 Å². The molecule has 6 heteroatoms. The van der Waals surface area contributed by atoms with Crippen molar-refractivity contribution < 1.29 is 14.6 Å². The molecule has 0 aromatic heterocycles. The van der Waals surface area contributed by atoms with Gasteiger partial charge in [0.1, 0.15) is 11.7 Å². The molecule has 0 saturated heterocycles. The predicted octanol–water partition coefficient (Wildman–Crippen LogP) is 5.29. The molecule has 4 nitrogen and oxygen atoms in total. The van der Waals surface area contributed by atoms with Gasteiger partial charge in [-0.05, 0) is 56.2 Å². The van der Waals surface area contributed by atoms with Gasteiger partial charge >= 0.3 is 6.09 Å². The standard InChI is InChI=1S/C19H21Cl2NO3/c1-19(2,3)25-18(24)22-16(12-7-9-14(20)10-8-12)17(23)13-5-4-6-15(21)11-13/h4-11,16-17,23H,1-3H3,(H,22,24)/t16-,17+/m1/s1. The minimum Gasteiger partial charge on any atom is -0.444 e. The van der Waals surface area contributed by atoms with E-state index >= 15 is 0 Å². The number of hydrogen-bond donors (Lipinski definition) is 2. The zero-order valence-corrected chi connectivity index (χ0v) is 15.8. The second-order valence-corrected chi connectivity index (χ2v) is 7.55. The maximum absolute atomic E-state index is 12.2. The third-order valence-corrected chi connectivity index (χ3v) is 3.89. The molecule has 134 valence electrons. The highest BCUT2D eigenvalue weighted by molar-refractivity contribution is 6.30. The van der Waals surface area contributed by atoms with E-state index in [1.54, 1.807) is 69.3 Å². The summed E-state index contributed by atoms with van der Waals surface area (Å²) in [4.78, 5) is 12.2. The number of ether oxygens (including phenoxy) is 1. The van der Waals surface area contributed by atoms with Gasteiger partial charge in [-0.15, -0.1) is 0 Å². The van der Waals surface area contributed by atoms with Crippen LogP contribution in [0.25, 0.3) is 0 Å². The van der Waals surface area contributed by atoms with Crippen LogP contribution in [0.5, 0.6) is 0 Å². The first-order valence-electron chi connectivity index (χ1n) is 7.84. The van der Waals surface area contributed by atoms with Gasteiger partial charge in [0.05, 0.1) is 6.04 Å². The molecule has 0 aliphatic rings. The van der Waals surface area contributed by atoms with Crippen molar-refractivity contribution in [2.45, 2.75) is 38.5 Å². The number of aliphatic hydroxyl groups is 1. The van der Waals surface area contributed by atoms with Gasteiger partial charge in [0.2, 0.25) is 0 Å². The molecule has 0 heterocycles. The third-order valence-electron chi connectivity index (χ3n) is 3.41. The molecule has 0 saturated carbocycles. The molecule has 0 spiro atoms. The summed E-state index contributed by atoms with van der Waals surface area (Å²) in [6.45, 7) is 5.33. The summed E-state index contributed by atoms with van der Waals surface area (Å²) in [7, 11) is 0. The van der Waals surface area contributed by atoms with Crippen molar-refractivity contribution in [1.29, 1.82) is 0 Å². The van der Waals surface area contributed by atoms with E-state index < -0.39 is 23.8 Å². The van der Waals surface area contributed by atoms with Crippen LogP contribution in [0.2, 0.25) is 10.0 Å². The Morgan fingerprint density at radius 1 is 1.04 bits per heavy atom. The first-order chi connectivity index (χ1) is 11.7. The van der Waals surface area contributed by atoms with Gasteiger partial charge in [-0.25, -0.2) is 4.79 Å². The zero-order chi connectivity index (χ0) is 18.6. The summed E-state index contributed by atoms with van der Waals surface area (Å²) in [5, 5.41) is 14.6. The van der Waals surface area contributed by atoms with Gasteiger partial charge in [-0.1, -0.05) is 47.5 Å². The average Bonchev–Trinajstić information content (AvgIpc) is 2.51. The molecule has 2 aromatic rings. The molecule has 2 rings (SSSR count). The van der Waals surface area contributed by atoms with Crippen molar-refractivity contribution in [2.24, 2.45) is 0 Å². The molecule has 1 amide bonds. The number of alkyl carbamates (subject to hydrolysis) is 1. The van der Waals surface area contributed by atoms with Crippen LogP contribution in [0.4, 0.5) is 4.79 Å². The maximum atomic E-state index is 12.2. The molecule has 2 aromatic carbocycles. The van der Waals surface area contributed by atoms with Gasteiger partial charge < -0.3 is 15.2 Å². The summed E-state index contributed by atoms with van der Waals surface area (Å²) in [5.41, 5.74) is 0.640. The normalized spacial score (nSPS) is 13.8. The number of aliphatic hydroxyl groups excluding tert-OH is 1. The van der Waals surface area contributed by atoms with Crippen LogP contribution in [0.3, 0.4) is 0 Å². The van der Waals surface area contributed by atoms with Gasteiger partial charge in [-0.3, -0.25) is 0 Å². The van der Waals surface area contributed by atoms with Crippen LogP contribution < -0.4 is 5.32 Å². The quantitative estimate of drug-likeness (QED) is 0.755. The zero-order valence-electron chi connectivity index (χ0n) is 14.3. The molecule has 0 unspecified atom stereocenters. The summed E-state index contributed by atoms with van der Waals surface area (Å²) in [6.07, 6.45) is -1.62. The summed E-state index contributed by atoms with van der Waals surface area (Å²) >= 11 is 11.9. The smallest absolute Gasteiger partial charge is 0.408 e. The average molecular weight is 382 g/mol. The first-order valence-corrected chi connectivity index (χ1v) is 8.60. The predicted molar refractivity (Wildman–Crippen MR) is 100.0 cm³/mol. The molecule has 0 fully saturated rings. The Kier molecular flexibility index (Phi) is 6.33. The fourth-order valence-electron chi connectivity index (χ4n) is 2.33. The fraction of sp³-hybridized carbons (Fsp3) is 0.316. The van der Waals surface area contributed by atoms with Crippen LogP contribution in [-0.2, 0) is 4.74 Å². The van der Waals surface area contributed by atoms with Crippen molar-refractivity contribution in [3.8, 4) is 0 Å². The van der Waals surface area contributed by atoms with E-state index in [1.807, 2.05) is 0 Å². The van der Waals surface area contributed by atoms with Crippen LogP contribution >= 0.6 is 23.2 Å². The second kappa shape index (κ2) is 8.09. The van der Waals surface area contributed by atoms with E-state index in [1.165, 1.54) is 0 Å². The van der Waals surface area contributed by atoms with Crippen LogP contribution in [0.1, 0.15) is 44.0 Å². The summed E-state index contributed by atoms with van der Waals surface area (Å²) in [6, 6.07) is 13.0. The largest absolute Gasteiger partial charge is 0.444 e. The van der Waals surface area contributed by atoms with Gasteiger partial charge in [0.25, 0.3) is 0 Å². The number of carbonyl (C=O) groups is 1. The topological polar surface area (TPSA) is 58.6 Å². The molecular formula is C19H21Cl2NO3. The minimum absolute atomic E-state index is 0.503. The van der Waals surface area contributed by atoms with E-state index in [4.69, 9.17) is 27.9 Å². The minimum atomic E-state index is -1.01. The number of halogens is 2. The van der Waals surface area contributed by atoms with E-state index in [0.29, 0.717) is 21.2 Å². The van der Waals surface area contributed by atoms with E-state index in [9.17, 15) is 9.90 Å². The van der Waals surface area contributed by atoms with E-state index in [0.717, 1.165) is 0 Å². The van der Waals surface area contributed by atoms with Gasteiger partial charge in [0, 0.05) is 10.0 Å². The molecule has 0 bridgehead atoms. The second-order valence-electron chi connectivity index (χ2n) is 6.68. The Bertz CT molecular complexity index is 726. The van der Waals surface area contributed by atoms with E-state index in [2.05, 4.69) is 5.32 Å². The maximum Gasteiger partial charge on any atom is 0.408 e. The van der Waals surface area contributed by atoms with Crippen molar-refractivity contribution in [3.05, 3.63) is 69.7 Å². The lowest BCUT2D eigenvalue weighted by atomic mass is 9.96.